The minimum Gasteiger partial charge on any atom is -0.344 e. The normalized spacial score (nSPS) is 15.1. The average Bonchev–Trinajstić information content (AvgIpc) is 3.28. The second-order valence-electron chi connectivity index (χ2n) is 7.87. The first-order valence-electron chi connectivity index (χ1n) is 10.5. The van der Waals surface area contributed by atoms with Gasteiger partial charge in [0.05, 0.1) is 0 Å². The van der Waals surface area contributed by atoms with Crippen molar-refractivity contribution in [2.45, 2.75) is 5.03 Å². The number of hydrogen-bond donors (Lipinski definition) is 1. The van der Waals surface area contributed by atoms with Crippen molar-refractivity contribution < 1.29 is 13.2 Å². The Bertz CT molecular complexity index is 1410. The molecule has 0 unspecified atom stereocenters. The Kier molecular flexibility index (Phi) is 5.65. The van der Waals surface area contributed by atoms with E-state index in [1.807, 2.05) is 24.3 Å². The number of nitrogens with one attached hydrogen (secondary N) is 1. The van der Waals surface area contributed by atoms with Gasteiger partial charge in [0, 0.05) is 60.1 Å². The topological polar surface area (TPSA) is 86.4 Å². The first kappa shape index (κ1) is 21.6. The van der Waals surface area contributed by atoms with Gasteiger partial charge in [0.2, 0.25) is 0 Å². The van der Waals surface area contributed by atoms with Crippen LogP contribution in [0.2, 0.25) is 5.02 Å². The molecule has 0 bridgehead atoms. The third-order valence-electron chi connectivity index (χ3n) is 5.85. The molecule has 2 aromatic heterocycles. The molecule has 0 spiro atoms. The Morgan fingerprint density at radius 1 is 0.879 bits per heavy atom. The molecule has 1 fully saturated rings. The minimum absolute atomic E-state index is 0.103. The van der Waals surface area contributed by atoms with Crippen molar-refractivity contribution in [3.05, 3.63) is 83.6 Å². The number of rotatable bonds is 4. The Labute approximate surface area is 196 Å². The van der Waals surface area contributed by atoms with Crippen LogP contribution in [0.5, 0.6) is 0 Å². The summed E-state index contributed by atoms with van der Waals surface area (Å²) in [7, 11) is -3.70. The van der Waals surface area contributed by atoms with E-state index in [0.717, 1.165) is 16.5 Å². The van der Waals surface area contributed by atoms with Crippen LogP contribution in [0.25, 0.3) is 22.0 Å². The standard InChI is InChI=1S/C24H21ClN4O3S/c25-21-6-5-20-15-23(27-22(20)16-21)33(31,32)29-13-11-28(12-14-29)24(30)19-3-1-17(2-4-19)18-7-9-26-10-8-18/h1-10,15-16,27H,11-14H2. The zero-order valence-corrected chi connectivity index (χ0v) is 19.2. The summed E-state index contributed by atoms with van der Waals surface area (Å²) in [5.41, 5.74) is 3.29. The SMILES string of the molecule is O=C(c1ccc(-c2ccncc2)cc1)N1CCN(S(=O)(=O)c2cc3ccc(Cl)cc3[nH]2)CC1. The predicted molar refractivity (Wildman–Crippen MR) is 128 cm³/mol. The van der Waals surface area contributed by atoms with E-state index < -0.39 is 10.0 Å². The molecule has 1 aliphatic rings. The maximum absolute atomic E-state index is 13.1. The number of fused-ring (bicyclic) bond motifs is 1. The zero-order chi connectivity index (χ0) is 23.0. The van der Waals surface area contributed by atoms with E-state index in [4.69, 9.17) is 11.6 Å². The van der Waals surface area contributed by atoms with Crippen molar-refractivity contribution >= 4 is 38.4 Å². The number of carbonyl (C=O) groups excluding carboxylic acids is 1. The number of piperazine rings is 1. The van der Waals surface area contributed by atoms with E-state index in [1.165, 1.54) is 4.31 Å². The minimum atomic E-state index is -3.70. The molecule has 2 aromatic carbocycles. The number of carbonyl (C=O) groups is 1. The Balaban J connectivity index is 1.26. The number of benzene rings is 2. The van der Waals surface area contributed by atoms with Crippen molar-refractivity contribution in [3.8, 4) is 11.1 Å². The molecule has 168 valence electrons. The Hall–Kier alpha value is -3.20. The highest BCUT2D eigenvalue weighted by Gasteiger charge is 2.31. The summed E-state index contributed by atoms with van der Waals surface area (Å²) >= 11 is 6.01. The van der Waals surface area contributed by atoms with Crippen molar-refractivity contribution in [1.29, 1.82) is 0 Å². The number of amides is 1. The van der Waals surface area contributed by atoms with Crippen molar-refractivity contribution in [2.75, 3.05) is 26.2 Å². The van der Waals surface area contributed by atoms with Crippen LogP contribution < -0.4 is 0 Å². The van der Waals surface area contributed by atoms with E-state index in [1.54, 1.807) is 53.7 Å². The van der Waals surface area contributed by atoms with Crippen LogP contribution in [0, 0.1) is 0 Å². The highest BCUT2D eigenvalue weighted by Crippen LogP contribution is 2.25. The number of sulfonamides is 1. The molecule has 7 nitrogen and oxygen atoms in total. The molecular weight excluding hydrogens is 460 g/mol. The van der Waals surface area contributed by atoms with Crippen LogP contribution in [0.3, 0.4) is 0 Å². The predicted octanol–water partition coefficient (Wildman–Crippen LogP) is 4.03. The van der Waals surface area contributed by atoms with Gasteiger partial charge >= 0.3 is 0 Å². The summed E-state index contributed by atoms with van der Waals surface area (Å²) in [4.78, 5) is 21.6. The second kappa shape index (κ2) is 8.62. The molecule has 0 aliphatic carbocycles. The average molecular weight is 481 g/mol. The fourth-order valence-electron chi connectivity index (χ4n) is 4.01. The molecule has 33 heavy (non-hydrogen) atoms. The lowest BCUT2D eigenvalue weighted by Crippen LogP contribution is -2.50. The lowest BCUT2D eigenvalue weighted by Gasteiger charge is -2.33. The number of H-pyrrole nitrogens is 1. The molecule has 1 aliphatic heterocycles. The van der Waals surface area contributed by atoms with Crippen LogP contribution in [-0.2, 0) is 10.0 Å². The van der Waals surface area contributed by atoms with Crippen molar-refractivity contribution in [3.63, 3.8) is 0 Å². The molecular formula is C24H21ClN4O3S. The molecule has 0 atom stereocenters. The smallest absolute Gasteiger partial charge is 0.258 e. The molecule has 1 amide bonds. The molecule has 4 aromatic rings. The van der Waals surface area contributed by atoms with Gasteiger partial charge in [-0.25, -0.2) is 8.42 Å². The first-order chi connectivity index (χ1) is 15.9. The van der Waals surface area contributed by atoms with Gasteiger partial charge in [0.25, 0.3) is 15.9 Å². The van der Waals surface area contributed by atoms with Gasteiger partial charge in [-0.3, -0.25) is 9.78 Å². The van der Waals surface area contributed by atoms with E-state index in [0.29, 0.717) is 29.2 Å². The van der Waals surface area contributed by atoms with Gasteiger partial charge in [-0.2, -0.15) is 4.31 Å². The van der Waals surface area contributed by atoms with Crippen molar-refractivity contribution in [1.82, 2.24) is 19.2 Å². The highest BCUT2D eigenvalue weighted by atomic mass is 35.5. The third-order valence-corrected chi connectivity index (χ3v) is 7.90. The summed E-state index contributed by atoms with van der Waals surface area (Å²) in [6.45, 7) is 1.13. The monoisotopic (exact) mass is 480 g/mol. The fourth-order valence-corrected chi connectivity index (χ4v) is 5.62. The summed E-state index contributed by atoms with van der Waals surface area (Å²) in [5, 5.41) is 1.45. The lowest BCUT2D eigenvalue weighted by molar-refractivity contribution is 0.0698. The Morgan fingerprint density at radius 3 is 2.24 bits per heavy atom. The maximum atomic E-state index is 13.1. The first-order valence-corrected chi connectivity index (χ1v) is 12.3. The second-order valence-corrected chi connectivity index (χ2v) is 10.2. The Morgan fingerprint density at radius 2 is 1.55 bits per heavy atom. The maximum Gasteiger partial charge on any atom is 0.258 e. The van der Waals surface area contributed by atoms with E-state index in [9.17, 15) is 13.2 Å². The van der Waals surface area contributed by atoms with E-state index >= 15 is 0 Å². The van der Waals surface area contributed by atoms with Crippen LogP contribution in [-0.4, -0.2) is 59.7 Å². The fraction of sp³-hybridized carbons (Fsp3) is 0.167. The summed E-state index contributed by atoms with van der Waals surface area (Å²) in [6, 6.07) is 18.1. The molecule has 5 rings (SSSR count). The number of aromatic amines is 1. The van der Waals surface area contributed by atoms with Crippen LogP contribution >= 0.6 is 11.6 Å². The molecule has 0 radical (unpaired) electrons. The van der Waals surface area contributed by atoms with Crippen LogP contribution in [0.15, 0.2) is 78.1 Å². The van der Waals surface area contributed by atoms with Gasteiger partial charge in [0.15, 0.2) is 0 Å². The van der Waals surface area contributed by atoms with Gasteiger partial charge in [0.1, 0.15) is 5.03 Å². The number of pyridine rings is 1. The quantitative estimate of drug-likeness (QED) is 0.477. The summed E-state index contributed by atoms with van der Waals surface area (Å²) in [6.07, 6.45) is 3.46. The summed E-state index contributed by atoms with van der Waals surface area (Å²) in [5.74, 6) is -0.103. The van der Waals surface area contributed by atoms with Crippen LogP contribution in [0.4, 0.5) is 0 Å². The molecule has 1 saturated heterocycles. The van der Waals surface area contributed by atoms with E-state index in [2.05, 4.69) is 9.97 Å². The van der Waals surface area contributed by atoms with Gasteiger partial charge in [-0.1, -0.05) is 29.8 Å². The molecule has 1 N–H and O–H groups in total. The number of halogens is 1. The molecule has 3 heterocycles. The summed E-state index contributed by atoms with van der Waals surface area (Å²) < 4.78 is 27.6. The molecule has 9 heteroatoms. The largest absolute Gasteiger partial charge is 0.344 e. The third kappa shape index (κ3) is 4.25. The van der Waals surface area contributed by atoms with Crippen molar-refractivity contribution in [2.24, 2.45) is 0 Å². The van der Waals surface area contributed by atoms with Gasteiger partial charge in [-0.05, 0) is 53.6 Å². The number of nitrogens with zero attached hydrogens (tertiary/aromatic N) is 3. The lowest BCUT2D eigenvalue weighted by atomic mass is 10.0. The van der Waals surface area contributed by atoms with Gasteiger partial charge < -0.3 is 9.88 Å². The van der Waals surface area contributed by atoms with Gasteiger partial charge in [-0.15, -0.1) is 0 Å². The number of hydrogen-bond acceptors (Lipinski definition) is 4. The van der Waals surface area contributed by atoms with Crippen LogP contribution in [0.1, 0.15) is 10.4 Å². The number of aromatic nitrogens is 2. The molecule has 0 saturated carbocycles. The zero-order valence-electron chi connectivity index (χ0n) is 17.6. The highest BCUT2D eigenvalue weighted by molar-refractivity contribution is 7.89. The van der Waals surface area contributed by atoms with E-state index in [-0.39, 0.29) is 24.0 Å².